The molecule has 0 bridgehead atoms. The van der Waals surface area contributed by atoms with Gasteiger partial charge in [0, 0.05) is 19.4 Å². The van der Waals surface area contributed by atoms with Gasteiger partial charge in [-0.05, 0) is 56.2 Å². The maximum atomic E-state index is 12.9. The van der Waals surface area contributed by atoms with Crippen LogP contribution in [0, 0.1) is 13.8 Å². The van der Waals surface area contributed by atoms with Crippen LogP contribution in [0.4, 0.5) is 0 Å². The first kappa shape index (κ1) is 21.4. The summed E-state index contributed by atoms with van der Waals surface area (Å²) in [6, 6.07) is 10.3. The summed E-state index contributed by atoms with van der Waals surface area (Å²) in [6.07, 6.45) is 1.09. The summed E-state index contributed by atoms with van der Waals surface area (Å²) in [5.41, 5.74) is 3.38. The van der Waals surface area contributed by atoms with Gasteiger partial charge in [0.25, 0.3) is 5.91 Å². The van der Waals surface area contributed by atoms with E-state index in [2.05, 4.69) is 17.1 Å². The molecule has 1 heterocycles. The van der Waals surface area contributed by atoms with E-state index in [4.69, 9.17) is 4.74 Å². The normalized spacial score (nSPS) is 12.6. The molecule has 0 aliphatic rings. The maximum absolute atomic E-state index is 12.9. The van der Waals surface area contributed by atoms with Crippen molar-refractivity contribution in [2.45, 2.75) is 32.2 Å². The molecular weight excluding hydrogens is 408 g/mol. The van der Waals surface area contributed by atoms with Gasteiger partial charge in [0.15, 0.2) is 14.6 Å². The standard InChI is InChI=1S/C21H24N2O4S2/c1-5-27-11-10-23-17-12-14(2)15(3)13-18(17)28-21(23)22-20(24)16-8-6-7-9-19(16)29(4,25)26/h6-9,12-13H,5,10-11H2,1-4H3. The van der Waals surface area contributed by atoms with Gasteiger partial charge in [-0.2, -0.15) is 4.99 Å². The molecule has 0 unspecified atom stereocenters. The number of carbonyl (C=O) groups excluding carboxylic acids is 1. The van der Waals surface area contributed by atoms with Gasteiger partial charge in [-0.1, -0.05) is 23.5 Å². The fourth-order valence-corrected chi connectivity index (χ4v) is 5.05. The highest BCUT2D eigenvalue weighted by Crippen LogP contribution is 2.22. The molecule has 0 spiro atoms. The molecule has 0 aliphatic carbocycles. The Hall–Kier alpha value is -2.29. The van der Waals surface area contributed by atoms with Crippen LogP contribution in [0.15, 0.2) is 46.3 Å². The van der Waals surface area contributed by atoms with Crippen molar-refractivity contribution in [2.24, 2.45) is 4.99 Å². The van der Waals surface area contributed by atoms with Gasteiger partial charge < -0.3 is 9.30 Å². The number of hydrogen-bond acceptors (Lipinski definition) is 5. The number of sulfone groups is 1. The number of ether oxygens (including phenoxy) is 1. The first-order valence-corrected chi connectivity index (χ1v) is 12.0. The minimum absolute atomic E-state index is 0.0117. The molecule has 0 saturated heterocycles. The zero-order valence-corrected chi connectivity index (χ0v) is 18.6. The Balaban J connectivity index is 2.17. The topological polar surface area (TPSA) is 77.7 Å². The summed E-state index contributed by atoms with van der Waals surface area (Å²) in [7, 11) is -3.54. The van der Waals surface area contributed by atoms with Gasteiger partial charge in [-0.25, -0.2) is 8.42 Å². The molecule has 8 heteroatoms. The lowest BCUT2D eigenvalue weighted by atomic mass is 10.1. The quantitative estimate of drug-likeness (QED) is 0.559. The smallest absolute Gasteiger partial charge is 0.280 e. The molecule has 2 aromatic carbocycles. The Bertz CT molecular complexity index is 1240. The van der Waals surface area contributed by atoms with Crippen LogP contribution in [0.2, 0.25) is 0 Å². The van der Waals surface area contributed by atoms with Crippen molar-refractivity contribution in [3.05, 3.63) is 57.9 Å². The molecule has 1 aromatic heterocycles. The number of amides is 1. The molecule has 0 saturated carbocycles. The lowest BCUT2D eigenvalue weighted by molar-refractivity contribution is 0.0993. The van der Waals surface area contributed by atoms with E-state index >= 15 is 0 Å². The fraction of sp³-hybridized carbons (Fsp3) is 0.333. The molecule has 0 radical (unpaired) electrons. The van der Waals surface area contributed by atoms with E-state index < -0.39 is 15.7 Å². The van der Waals surface area contributed by atoms with Crippen LogP contribution < -0.4 is 4.80 Å². The largest absolute Gasteiger partial charge is 0.380 e. The predicted octanol–water partition coefficient (Wildman–Crippen LogP) is 3.50. The Labute approximate surface area is 174 Å². The molecule has 0 N–H and O–H groups in total. The molecule has 0 atom stereocenters. The van der Waals surface area contributed by atoms with Crippen molar-refractivity contribution in [2.75, 3.05) is 19.5 Å². The Morgan fingerprint density at radius 1 is 1.17 bits per heavy atom. The number of nitrogens with zero attached hydrogens (tertiary/aromatic N) is 2. The Morgan fingerprint density at radius 3 is 2.55 bits per heavy atom. The van der Waals surface area contributed by atoms with E-state index in [1.807, 2.05) is 25.3 Å². The molecule has 1 amide bonds. The van der Waals surface area contributed by atoms with Crippen molar-refractivity contribution < 1.29 is 17.9 Å². The average molecular weight is 433 g/mol. The third-order valence-electron chi connectivity index (χ3n) is 4.68. The molecule has 154 valence electrons. The summed E-state index contributed by atoms with van der Waals surface area (Å²) >= 11 is 1.41. The molecule has 6 nitrogen and oxygen atoms in total. The van der Waals surface area contributed by atoms with Crippen LogP contribution in [0.25, 0.3) is 10.2 Å². The SMILES string of the molecule is CCOCCn1c(=NC(=O)c2ccccc2S(C)(=O)=O)sc2cc(C)c(C)cc21. The lowest BCUT2D eigenvalue weighted by Crippen LogP contribution is -2.20. The van der Waals surface area contributed by atoms with Crippen LogP contribution in [-0.2, 0) is 21.1 Å². The van der Waals surface area contributed by atoms with Crippen molar-refractivity contribution in [1.82, 2.24) is 4.57 Å². The summed E-state index contributed by atoms with van der Waals surface area (Å²) in [5.74, 6) is -0.573. The van der Waals surface area contributed by atoms with Crippen LogP contribution in [0.3, 0.4) is 0 Å². The van der Waals surface area contributed by atoms with E-state index in [9.17, 15) is 13.2 Å². The monoisotopic (exact) mass is 432 g/mol. The second-order valence-electron chi connectivity index (χ2n) is 6.82. The third-order valence-corrected chi connectivity index (χ3v) is 6.87. The lowest BCUT2D eigenvalue weighted by Gasteiger charge is -2.07. The van der Waals surface area contributed by atoms with Gasteiger partial charge in [-0.3, -0.25) is 4.79 Å². The molecule has 29 heavy (non-hydrogen) atoms. The van der Waals surface area contributed by atoms with Crippen molar-refractivity contribution in [3.63, 3.8) is 0 Å². The van der Waals surface area contributed by atoms with Crippen LogP contribution >= 0.6 is 11.3 Å². The van der Waals surface area contributed by atoms with Gasteiger partial charge >= 0.3 is 0 Å². The molecule has 3 rings (SSSR count). The van der Waals surface area contributed by atoms with Gasteiger partial charge in [0.2, 0.25) is 0 Å². The number of aryl methyl sites for hydroxylation is 2. The first-order chi connectivity index (χ1) is 13.7. The minimum Gasteiger partial charge on any atom is -0.380 e. The Morgan fingerprint density at radius 2 is 1.86 bits per heavy atom. The van der Waals surface area contributed by atoms with Crippen molar-refractivity contribution in [1.29, 1.82) is 0 Å². The molecule has 0 aliphatic heterocycles. The van der Waals surface area contributed by atoms with E-state index in [1.165, 1.54) is 23.5 Å². The maximum Gasteiger partial charge on any atom is 0.280 e. The zero-order chi connectivity index (χ0) is 21.2. The Kier molecular flexibility index (Phi) is 6.36. The number of hydrogen-bond donors (Lipinski definition) is 0. The number of carbonyl (C=O) groups is 1. The molecule has 0 fully saturated rings. The number of thiazole rings is 1. The summed E-state index contributed by atoms with van der Waals surface area (Å²) in [4.78, 5) is 17.7. The van der Waals surface area contributed by atoms with Crippen LogP contribution in [-0.4, -0.2) is 38.4 Å². The van der Waals surface area contributed by atoms with E-state index in [0.29, 0.717) is 24.6 Å². The van der Waals surface area contributed by atoms with E-state index in [1.54, 1.807) is 12.1 Å². The number of fused-ring (bicyclic) bond motifs is 1. The minimum atomic E-state index is -3.54. The first-order valence-electron chi connectivity index (χ1n) is 9.29. The fourth-order valence-electron chi connectivity index (χ4n) is 3.04. The van der Waals surface area contributed by atoms with E-state index in [-0.39, 0.29) is 10.5 Å². The highest BCUT2D eigenvalue weighted by molar-refractivity contribution is 7.90. The molecule has 3 aromatic rings. The zero-order valence-electron chi connectivity index (χ0n) is 16.9. The highest BCUT2D eigenvalue weighted by atomic mass is 32.2. The van der Waals surface area contributed by atoms with E-state index in [0.717, 1.165) is 27.6 Å². The number of benzene rings is 2. The number of rotatable bonds is 6. The summed E-state index contributed by atoms with van der Waals surface area (Å²) in [6.45, 7) is 7.68. The highest BCUT2D eigenvalue weighted by Gasteiger charge is 2.18. The van der Waals surface area contributed by atoms with Crippen LogP contribution in [0.1, 0.15) is 28.4 Å². The van der Waals surface area contributed by atoms with Crippen molar-refractivity contribution >= 4 is 37.3 Å². The molecular formula is C21H24N2O4S2. The second-order valence-corrected chi connectivity index (χ2v) is 9.82. The van der Waals surface area contributed by atoms with Gasteiger partial charge in [0.05, 0.1) is 27.3 Å². The summed E-state index contributed by atoms with van der Waals surface area (Å²) < 4.78 is 32.6. The van der Waals surface area contributed by atoms with Gasteiger partial charge in [0.1, 0.15) is 0 Å². The van der Waals surface area contributed by atoms with Crippen molar-refractivity contribution in [3.8, 4) is 0 Å². The predicted molar refractivity (Wildman–Crippen MR) is 115 cm³/mol. The third kappa shape index (κ3) is 4.66. The van der Waals surface area contributed by atoms with Gasteiger partial charge in [-0.15, -0.1) is 0 Å². The summed E-state index contributed by atoms with van der Waals surface area (Å²) in [5, 5.41) is 0. The number of aromatic nitrogens is 1. The second kappa shape index (κ2) is 8.61. The van der Waals surface area contributed by atoms with Crippen LogP contribution in [0.5, 0.6) is 0 Å². The average Bonchev–Trinajstić information content (AvgIpc) is 2.98.